The number of nitrogens with one attached hydrogen (secondary N) is 2. The van der Waals surface area contributed by atoms with E-state index in [9.17, 15) is 55.4 Å². The van der Waals surface area contributed by atoms with Crippen LogP contribution in [0.5, 0.6) is 23.0 Å². The smallest absolute Gasteiger partial charge is 0.389 e. The average molecular weight is 1220 g/mol. The van der Waals surface area contributed by atoms with E-state index in [0.29, 0.717) is 45.1 Å². The molecule has 2 amide bonds. The molecule has 0 radical (unpaired) electrons. The highest BCUT2D eigenvalue weighted by Gasteiger charge is 2.38. The third kappa shape index (κ3) is 22.9. The number of carbonyl (C=O) groups is 5. The lowest BCUT2D eigenvalue weighted by Gasteiger charge is -2.31. The van der Waals surface area contributed by atoms with Crippen molar-refractivity contribution in [3.05, 3.63) is 107 Å². The van der Waals surface area contributed by atoms with Crippen molar-refractivity contribution < 1.29 is 98.1 Å². The first-order valence-electron chi connectivity index (χ1n) is 28.5. The minimum atomic E-state index is -4.30. The molecule has 3 N–H and O–H groups in total. The summed E-state index contributed by atoms with van der Waals surface area (Å²) in [6.07, 6.45) is -7.46. The molecule has 474 valence electrons. The molecule has 86 heavy (non-hydrogen) atoms. The van der Waals surface area contributed by atoms with Crippen LogP contribution >= 0.6 is 0 Å². The summed E-state index contributed by atoms with van der Waals surface area (Å²) >= 11 is 0. The standard InChI is InChI=1S/C33H43F3N2O9.C28H35F3N2O6/c1-5-43-19-27(39)45-20-46-30-26(42-4)14-16-37-28(30)31(40)38-25-9-6-8-24(18-23-12-10-21(2)11-13-23)29(22(3)47-32(25)41)44-17-7-15-33(34,35)36;1-17-8-10-19(11-9-17)16-20-6-4-7-21(33-26(35)23-24(34)22(37-3)12-14-32-23)27(36)39-18(2)25(20)38-15-5-13-28(29,30)31/h10-14,16,22,24-25,29H,5-9,15,17-20H2,1-4H3,(H,38,40);8-12,14,18,20-21,25,34H,4-7,13,15-16H2,1-3H3,(H,33,35)/t22-,24+,25-,29-;18-,20+,21-,25-/m00/s1. The Morgan fingerprint density at radius 1 is 0.651 bits per heavy atom. The van der Waals surface area contributed by atoms with Crippen LogP contribution in [0.15, 0.2) is 73.1 Å². The Morgan fingerprint density at radius 2 is 1.09 bits per heavy atom. The molecule has 2 aromatic carbocycles. The van der Waals surface area contributed by atoms with Gasteiger partial charge in [0, 0.05) is 57.2 Å². The van der Waals surface area contributed by atoms with Crippen LogP contribution < -0.4 is 24.8 Å². The number of ether oxygens (including phenoxy) is 9. The van der Waals surface area contributed by atoms with Gasteiger partial charge in [0.1, 0.15) is 30.9 Å². The van der Waals surface area contributed by atoms with Crippen molar-refractivity contribution in [3.8, 4) is 23.0 Å². The number of aryl methyl sites for hydroxylation is 2. The molecule has 2 saturated heterocycles. The van der Waals surface area contributed by atoms with Crippen LogP contribution in [-0.4, -0.2) is 141 Å². The maximum absolute atomic E-state index is 13.4. The number of cyclic esters (lactones) is 2. The molecule has 19 nitrogen and oxygen atoms in total. The minimum Gasteiger partial charge on any atom is -0.503 e. The van der Waals surface area contributed by atoms with Crippen molar-refractivity contribution in [1.82, 2.24) is 20.6 Å². The van der Waals surface area contributed by atoms with Gasteiger partial charge in [-0.05, 0) is 109 Å². The molecule has 0 bridgehead atoms. The van der Waals surface area contributed by atoms with E-state index in [0.717, 1.165) is 22.3 Å². The Morgan fingerprint density at radius 3 is 1.53 bits per heavy atom. The van der Waals surface area contributed by atoms with Crippen LogP contribution in [0.3, 0.4) is 0 Å². The number of hydrogen-bond donors (Lipinski definition) is 3. The number of hydrogen-bond acceptors (Lipinski definition) is 17. The van der Waals surface area contributed by atoms with E-state index >= 15 is 0 Å². The number of halogens is 6. The van der Waals surface area contributed by atoms with Crippen molar-refractivity contribution in [2.45, 2.75) is 161 Å². The van der Waals surface area contributed by atoms with Gasteiger partial charge in [0.2, 0.25) is 6.79 Å². The van der Waals surface area contributed by atoms with Gasteiger partial charge in [0.15, 0.2) is 34.4 Å². The van der Waals surface area contributed by atoms with Gasteiger partial charge in [-0.25, -0.2) is 24.4 Å². The fraction of sp³-hybridized carbons (Fsp3) is 0.557. The molecule has 2 aliphatic rings. The number of rotatable bonds is 24. The highest BCUT2D eigenvalue weighted by molar-refractivity contribution is 5.98. The number of amides is 2. The first-order valence-corrected chi connectivity index (χ1v) is 28.5. The number of alkyl halides is 6. The van der Waals surface area contributed by atoms with E-state index in [4.69, 9.17) is 42.6 Å². The number of methoxy groups -OCH3 is 2. The van der Waals surface area contributed by atoms with E-state index in [2.05, 4.69) is 20.6 Å². The quantitative estimate of drug-likeness (QED) is 0.0194. The molecule has 4 heterocycles. The normalized spacial score (nSPS) is 21.2. The predicted molar refractivity (Wildman–Crippen MR) is 299 cm³/mol. The second-order valence-corrected chi connectivity index (χ2v) is 21.0. The van der Waals surface area contributed by atoms with Crippen LogP contribution in [0.25, 0.3) is 0 Å². The molecule has 0 saturated carbocycles. The highest BCUT2D eigenvalue weighted by atomic mass is 19.4. The Bertz CT molecular complexity index is 2790. The fourth-order valence-electron chi connectivity index (χ4n) is 9.94. The molecule has 2 fully saturated rings. The first kappa shape index (κ1) is 69.5. The number of aromatic hydroxyl groups is 1. The summed E-state index contributed by atoms with van der Waals surface area (Å²) in [7, 11) is 2.69. The second kappa shape index (κ2) is 34.2. The monoisotopic (exact) mass is 1220 g/mol. The minimum absolute atomic E-state index is 0.0604. The summed E-state index contributed by atoms with van der Waals surface area (Å²) in [5, 5.41) is 15.5. The predicted octanol–water partition coefficient (Wildman–Crippen LogP) is 10.0. The third-order valence-corrected chi connectivity index (χ3v) is 14.3. The summed E-state index contributed by atoms with van der Waals surface area (Å²) in [5.74, 6) is -4.29. The maximum Gasteiger partial charge on any atom is 0.389 e. The molecule has 0 aliphatic carbocycles. The lowest BCUT2D eigenvalue weighted by atomic mass is 9.86. The Balaban J connectivity index is 0.000000319. The topological polar surface area (TPSA) is 238 Å². The van der Waals surface area contributed by atoms with E-state index in [-0.39, 0.29) is 86.0 Å². The van der Waals surface area contributed by atoms with Crippen LogP contribution in [0.1, 0.15) is 128 Å². The maximum atomic E-state index is 13.4. The van der Waals surface area contributed by atoms with Gasteiger partial charge >= 0.3 is 30.3 Å². The number of esters is 3. The molecule has 2 aliphatic heterocycles. The van der Waals surface area contributed by atoms with Crippen LogP contribution in [0.4, 0.5) is 26.3 Å². The molecule has 4 aromatic rings. The molecule has 25 heteroatoms. The largest absolute Gasteiger partial charge is 0.503 e. The lowest BCUT2D eigenvalue weighted by molar-refractivity contribution is -0.163. The van der Waals surface area contributed by atoms with Crippen LogP contribution in [0, 0.1) is 25.7 Å². The van der Waals surface area contributed by atoms with Gasteiger partial charge in [-0.2, -0.15) is 26.3 Å². The molecular weight excluding hydrogens is 1140 g/mol. The Kier molecular flexibility index (Phi) is 27.6. The van der Waals surface area contributed by atoms with Crippen molar-refractivity contribution in [2.75, 3.05) is 47.4 Å². The fourth-order valence-corrected chi connectivity index (χ4v) is 9.94. The Labute approximate surface area is 496 Å². The number of aromatic nitrogens is 2. The molecular formula is C61H78F6N4O15. The molecule has 0 unspecified atom stereocenters. The van der Waals surface area contributed by atoms with Gasteiger partial charge in [-0.1, -0.05) is 72.5 Å². The zero-order chi connectivity index (χ0) is 63.0. The van der Waals surface area contributed by atoms with E-state index in [1.54, 1.807) is 20.8 Å². The van der Waals surface area contributed by atoms with E-state index < -0.39 is 104 Å². The third-order valence-electron chi connectivity index (χ3n) is 14.3. The van der Waals surface area contributed by atoms with E-state index in [1.807, 2.05) is 62.4 Å². The molecule has 2 aromatic heterocycles. The second-order valence-electron chi connectivity index (χ2n) is 21.0. The van der Waals surface area contributed by atoms with Crippen LogP contribution in [0.2, 0.25) is 0 Å². The number of carbonyl (C=O) groups excluding carboxylic acids is 5. The molecule has 0 spiro atoms. The first-order chi connectivity index (χ1) is 40.9. The van der Waals surface area contributed by atoms with Gasteiger partial charge in [-0.3, -0.25) is 9.59 Å². The van der Waals surface area contributed by atoms with Crippen molar-refractivity contribution in [2.24, 2.45) is 11.8 Å². The summed E-state index contributed by atoms with van der Waals surface area (Å²) in [6.45, 7) is 8.18. The summed E-state index contributed by atoms with van der Waals surface area (Å²) in [4.78, 5) is 72.5. The summed E-state index contributed by atoms with van der Waals surface area (Å²) in [6, 6.07) is 16.7. The van der Waals surface area contributed by atoms with Crippen molar-refractivity contribution in [3.63, 3.8) is 0 Å². The van der Waals surface area contributed by atoms with Gasteiger partial charge < -0.3 is 58.4 Å². The SMILES string of the molecule is CCOCC(=O)OCOc1c(OC)ccnc1C(=O)N[C@H]1CCC[C@H](Cc2ccc(C)cc2)[C@@H](OCCCC(F)(F)F)[C@H](C)OC1=O.COc1ccnc(C(=O)N[C@H]2CCC[C@H](Cc3ccc(C)cc3)[C@@H](OCCCC(F)(F)F)[C@H](C)OC2=O)c1O. The zero-order valence-corrected chi connectivity index (χ0v) is 49.4. The lowest BCUT2D eigenvalue weighted by Crippen LogP contribution is -2.45. The van der Waals surface area contributed by atoms with Crippen molar-refractivity contribution in [1.29, 1.82) is 0 Å². The highest BCUT2D eigenvalue weighted by Crippen LogP contribution is 2.34. The zero-order valence-electron chi connectivity index (χ0n) is 49.4. The van der Waals surface area contributed by atoms with E-state index in [1.165, 1.54) is 38.7 Å². The van der Waals surface area contributed by atoms with Gasteiger partial charge in [0.05, 0.1) is 26.4 Å². The average Bonchev–Trinajstić information content (AvgIpc) is 3.15. The Hall–Kier alpha value is -7.25. The van der Waals surface area contributed by atoms with Crippen molar-refractivity contribution >= 4 is 29.7 Å². The number of nitrogens with zero attached hydrogens (tertiary/aromatic N) is 2. The molecule has 8 atom stereocenters. The van der Waals surface area contributed by atoms with Gasteiger partial charge in [0.25, 0.3) is 11.8 Å². The van der Waals surface area contributed by atoms with Gasteiger partial charge in [-0.15, -0.1) is 0 Å². The molecule has 6 rings (SSSR count). The number of benzene rings is 2. The van der Waals surface area contributed by atoms with Crippen LogP contribution in [-0.2, 0) is 55.6 Å². The summed E-state index contributed by atoms with van der Waals surface area (Å²) in [5.41, 5.74) is 3.74. The summed E-state index contributed by atoms with van der Waals surface area (Å²) < 4.78 is 126. The number of pyridine rings is 2.